The number of amidine groups is 1. The third kappa shape index (κ3) is 5.75. The van der Waals surface area contributed by atoms with Crippen molar-refractivity contribution in [3.05, 3.63) is 29.8 Å². The standard InChI is InChI=1S/C13H21N3S/c1-4-17-13(14)15-12-7-5-11(6-8-12)9-10-16(2)3/h5-8H,4,9-10H2,1-3H3,(H2,14,15). The summed E-state index contributed by atoms with van der Waals surface area (Å²) in [7, 11) is 4.17. The molecule has 3 nitrogen and oxygen atoms in total. The monoisotopic (exact) mass is 251 g/mol. The number of likely N-dealkylation sites (N-methyl/N-ethyl adjacent to an activating group) is 1. The molecule has 1 aromatic rings. The fourth-order valence-electron chi connectivity index (χ4n) is 1.40. The molecule has 17 heavy (non-hydrogen) atoms. The van der Waals surface area contributed by atoms with Crippen LogP contribution in [0.5, 0.6) is 0 Å². The summed E-state index contributed by atoms with van der Waals surface area (Å²) < 4.78 is 0. The molecule has 4 heteroatoms. The highest BCUT2D eigenvalue weighted by Crippen LogP contribution is 2.15. The van der Waals surface area contributed by atoms with Gasteiger partial charge in [0.1, 0.15) is 0 Å². The maximum Gasteiger partial charge on any atom is 0.159 e. The van der Waals surface area contributed by atoms with Crippen LogP contribution in [0.4, 0.5) is 5.69 Å². The zero-order valence-electron chi connectivity index (χ0n) is 10.8. The molecule has 1 rings (SSSR count). The third-order valence-electron chi connectivity index (χ3n) is 2.32. The molecular weight excluding hydrogens is 230 g/mol. The lowest BCUT2D eigenvalue weighted by atomic mass is 10.1. The molecule has 0 saturated heterocycles. The molecule has 0 aliphatic rings. The lowest BCUT2D eigenvalue weighted by molar-refractivity contribution is 0.413. The Kier molecular flexibility index (Phi) is 6.08. The van der Waals surface area contributed by atoms with Crippen LogP contribution in [0.15, 0.2) is 29.3 Å². The first-order valence-corrected chi connectivity index (χ1v) is 6.81. The maximum absolute atomic E-state index is 5.76. The molecule has 0 spiro atoms. The summed E-state index contributed by atoms with van der Waals surface area (Å²) in [5, 5.41) is 0.633. The first-order chi connectivity index (χ1) is 8.11. The Morgan fingerprint density at radius 3 is 2.47 bits per heavy atom. The van der Waals surface area contributed by atoms with Crippen LogP contribution < -0.4 is 5.73 Å². The highest BCUT2D eigenvalue weighted by atomic mass is 32.2. The summed E-state index contributed by atoms with van der Waals surface area (Å²) in [6, 6.07) is 8.28. The number of hydrogen-bond donors (Lipinski definition) is 1. The van der Waals surface area contributed by atoms with E-state index in [4.69, 9.17) is 5.73 Å². The average Bonchev–Trinajstić information content (AvgIpc) is 2.28. The van der Waals surface area contributed by atoms with Crippen molar-refractivity contribution in [3.8, 4) is 0 Å². The number of benzene rings is 1. The highest BCUT2D eigenvalue weighted by Gasteiger charge is 1.97. The molecule has 1 aromatic carbocycles. The number of hydrogen-bond acceptors (Lipinski definition) is 3. The van der Waals surface area contributed by atoms with Crippen LogP contribution >= 0.6 is 11.8 Å². The smallest absolute Gasteiger partial charge is 0.159 e. The van der Waals surface area contributed by atoms with Gasteiger partial charge in [-0.15, -0.1) is 0 Å². The quantitative estimate of drug-likeness (QED) is 0.646. The van der Waals surface area contributed by atoms with Crippen molar-refractivity contribution >= 4 is 22.6 Å². The molecule has 94 valence electrons. The first kappa shape index (κ1) is 14.1. The first-order valence-electron chi connectivity index (χ1n) is 5.82. The second kappa shape index (κ2) is 7.35. The fraction of sp³-hybridized carbons (Fsp3) is 0.462. The lowest BCUT2D eigenvalue weighted by Gasteiger charge is -2.09. The van der Waals surface area contributed by atoms with Crippen molar-refractivity contribution in [1.29, 1.82) is 0 Å². The van der Waals surface area contributed by atoms with Crippen LogP contribution in [0, 0.1) is 0 Å². The van der Waals surface area contributed by atoms with E-state index in [9.17, 15) is 0 Å². The van der Waals surface area contributed by atoms with Gasteiger partial charge in [0.25, 0.3) is 0 Å². The van der Waals surface area contributed by atoms with Crippen molar-refractivity contribution in [2.24, 2.45) is 10.7 Å². The van der Waals surface area contributed by atoms with Gasteiger partial charge in [0.15, 0.2) is 5.17 Å². The van der Waals surface area contributed by atoms with E-state index in [-0.39, 0.29) is 0 Å². The largest absolute Gasteiger partial charge is 0.378 e. The van der Waals surface area contributed by atoms with Gasteiger partial charge in [-0.3, -0.25) is 0 Å². The number of nitrogens with two attached hydrogens (primary N) is 1. The van der Waals surface area contributed by atoms with E-state index in [1.165, 1.54) is 5.56 Å². The molecule has 0 aliphatic carbocycles. The number of nitrogens with zero attached hydrogens (tertiary/aromatic N) is 2. The van der Waals surface area contributed by atoms with Crippen LogP contribution in [0.3, 0.4) is 0 Å². The lowest BCUT2D eigenvalue weighted by Crippen LogP contribution is -2.14. The molecule has 2 N–H and O–H groups in total. The van der Waals surface area contributed by atoms with Crippen LogP contribution in [0.2, 0.25) is 0 Å². The minimum absolute atomic E-state index is 0.633. The van der Waals surface area contributed by atoms with Crippen molar-refractivity contribution in [2.45, 2.75) is 13.3 Å². The molecular formula is C13H21N3S. The molecule has 0 radical (unpaired) electrons. The normalized spacial score (nSPS) is 12.1. The zero-order valence-corrected chi connectivity index (χ0v) is 11.6. The highest BCUT2D eigenvalue weighted by molar-refractivity contribution is 8.13. The molecule has 0 atom stereocenters. The Bertz CT molecular complexity index is 357. The van der Waals surface area contributed by atoms with Crippen molar-refractivity contribution in [3.63, 3.8) is 0 Å². The summed E-state index contributed by atoms with van der Waals surface area (Å²) >= 11 is 1.57. The van der Waals surface area contributed by atoms with Gasteiger partial charge in [0.05, 0.1) is 5.69 Å². The summed E-state index contributed by atoms with van der Waals surface area (Å²) in [6.45, 7) is 3.13. The summed E-state index contributed by atoms with van der Waals surface area (Å²) in [6.07, 6.45) is 1.07. The second-order valence-electron chi connectivity index (χ2n) is 4.10. The Morgan fingerprint density at radius 2 is 1.94 bits per heavy atom. The zero-order chi connectivity index (χ0) is 12.7. The van der Waals surface area contributed by atoms with Crippen LogP contribution in [-0.4, -0.2) is 36.5 Å². The van der Waals surface area contributed by atoms with Gasteiger partial charge in [0.2, 0.25) is 0 Å². The van der Waals surface area contributed by atoms with Gasteiger partial charge in [-0.1, -0.05) is 30.8 Å². The number of rotatable bonds is 5. The van der Waals surface area contributed by atoms with Crippen LogP contribution in [0.25, 0.3) is 0 Å². The van der Waals surface area contributed by atoms with Crippen LogP contribution in [0.1, 0.15) is 12.5 Å². The molecule has 0 aliphatic heterocycles. The van der Waals surface area contributed by atoms with E-state index in [1.807, 2.05) is 12.1 Å². The SMILES string of the molecule is CCSC(N)=Nc1ccc(CCN(C)C)cc1. The molecule has 0 unspecified atom stereocenters. The molecule has 0 aromatic heterocycles. The molecule has 0 saturated carbocycles. The fourth-order valence-corrected chi connectivity index (χ4v) is 1.86. The molecule has 0 bridgehead atoms. The Hall–Kier alpha value is -1.00. The van der Waals surface area contributed by atoms with E-state index < -0.39 is 0 Å². The number of thioether (sulfide) groups is 1. The Morgan fingerprint density at radius 1 is 1.29 bits per heavy atom. The van der Waals surface area contributed by atoms with Gasteiger partial charge >= 0.3 is 0 Å². The van der Waals surface area contributed by atoms with Crippen molar-refractivity contribution in [1.82, 2.24) is 4.90 Å². The summed E-state index contributed by atoms with van der Waals surface area (Å²) in [4.78, 5) is 6.51. The third-order valence-corrected chi connectivity index (χ3v) is 2.99. The predicted molar refractivity (Wildman–Crippen MR) is 78.1 cm³/mol. The van der Waals surface area contributed by atoms with Gasteiger partial charge in [-0.2, -0.15) is 0 Å². The maximum atomic E-state index is 5.76. The molecule has 0 amide bonds. The summed E-state index contributed by atoms with van der Waals surface area (Å²) in [5.74, 6) is 0.955. The van der Waals surface area contributed by atoms with Gasteiger partial charge < -0.3 is 10.6 Å². The minimum Gasteiger partial charge on any atom is -0.378 e. The van der Waals surface area contributed by atoms with E-state index in [2.05, 4.69) is 43.0 Å². The van der Waals surface area contributed by atoms with Crippen LogP contribution in [-0.2, 0) is 6.42 Å². The van der Waals surface area contributed by atoms with Gasteiger partial charge in [-0.05, 0) is 44.0 Å². The van der Waals surface area contributed by atoms with E-state index in [1.54, 1.807) is 11.8 Å². The average molecular weight is 251 g/mol. The predicted octanol–water partition coefficient (Wildman–Crippen LogP) is 2.49. The van der Waals surface area contributed by atoms with E-state index >= 15 is 0 Å². The number of aliphatic imine (C=N–C) groups is 1. The summed E-state index contributed by atoms with van der Waals surface area (Å²) in [5.41, 5.74) is 8.02. The van der Waals surface area contributed by atoms with E-state index in [0.717, 1.165) is 24.4 Å². The van der Waals surface area contributed by atoms with Gasteiger partial charge in [-0.25, -0.2) is 4.99 Å². The second-order valence-corrected chi connectivity index (χ2v) is 5.39. The molecule has 0 fully saturated rings. The van der Waals surface area contributed by atoms with E-state index in [0.29, 0.717) is 5.17 Å². The molecule has 0 heterocycles. The minimum atomic E-state index is 0.633. The van der Waals surface area contributed by atoms with Gasteiger partial charge in [0, 0.05) is 6.54 Å². The van der Waals surface area contributed by atoms with Crippen molar-refractivity contribution in [2.75, 3.05) is 26.4 Å². The topological polar surface area (TPSA) is 41.6 Å². The Labute approximate surface area is 108 Å². The Balaban J connectivity index is 2.58. The van der Waals surface area contributed by atoms with Crippen molar-refractivity contribution < 1.29 is 0 Å².